The summed E-state index contributed by atoms with van der Waals surface area (Å²) in [5.41, 5.74) is 2.54. The van der Waals surface area contributed by atoms with E-state index in [9.17, 15) is 4.79 Å². The highest BCUT2D eigenvalue weighted by Gasteiger charge is 2.08. The number of hydrogen-bond acceptors (Lipinski definition) is 2. The van der Waals surface area contributed by atoms with Crippen molar-refractivity contribution in [3.8, 4) is 5.75 Å². The molecule has 1 amide bonds. The van der Waals surface area contributed by atoms with Gasteiger partial charge in [0.2, 0.25) is 0 Å². The zero-order valence-electron chi connectivity index (χ0n) is 12.3. The van der Waals surface area contributed by atoms with Gasteiger partial charge in [-0.2, -0.15) is 0 Å². The molecular formula is C18H19NO2. The number of nitrogens with one attached hydrogen (secondary N) is 1. The number of anilines is 1. The molecule has 0 bridgehead atoms. The Balaban J connectivity index is 2.02. The molecule has 0 radical (unpaired) electrons. The van der Waals surface area contributed by atoms with Gasteiger partial charge in [0.1, 0.15) is 5.75 Å². The molecule has 108 valence electrons. The molecule has 21 heavy (non-hydrogen) atoms. The average Bonchev–Trinajstić information content (AvgIpc) is 2.51. The second-order valence-electron chi connectivity index (χ2n) is 4.75. The summed E-state index contributed by atoms with van der Waals surface area (Å²) >= 11 is 0. The van der Waals surface area contributed by atoms with E-state index in [2.05, 4.69) is 5.32 Å². The number of ether oxygens (including phenoxy) is 1. The number of carbonyl (C=O) groups excluding carboxylic acids is 1. The first kappa shape index (κ1) is 14.9. The SMILES string of the molecule is CC/C(=C\Oc1ccccc1)C(=O)Nc1ccc(C)cc1. The number of amides is 1. The van der Waals surface area contributed by atoms with Crippen LogP contribution in [0.2, 0.25) is 0 Å². The number of benzene rings is 2. The minimum Gasteiger partial charge on any atom is -0.465 e. The minimum atomic E-state index is -0.141. The molecule has 0 atom stereocenters. The number of hydrogen-bond donors (Lipinski definition) is 1. The summed E-state index contributed by atoms with van der Waals surface area (Å²) in [7, 11) is 0. The molecule has 1 N–H and O–H groups in total. The van der Waals surface area contributed by atoms with Crippen LogP contribution in [0.15, 0.2) is 66.4 Å². The molecule has 0 unspecified atom stereocenters. The number of aryl methyl sites for hydroxylation is 1. The summed E-state index contributed by atoms with van der Waals surface area (Å²) in [5.74, 6) is 0.573. The molecule has 0 aliphatic rings. The summed E-state index contributed by atoms with van der Waals surface area (Å²) < 4.78 is 5.51. The van der Waals surface area contributed by atoms with Gasteiger partial charge in [-0.05, 0) is 37.6 Å². The van der Waals surface area contributed by atoms with E-state index in [1.54, 1.807) is 0 Å². The van der Waals surface area contributed by atoms with Gasteiger partial charge in [-0.3, -0.25) is 4.79 Å². The van der Waals surface area contributed by atoms with Crippen molar-refractivity contribution < 1.29 is 9.53 Å². The molecule has 3 heteroatoms. The number of rotatable bonds is 5. The Hall–Kier alpha value is -2.55. The van der Waals surface area contributed by atoms with E-state index < -0.39 is 0 Å². The maximum Gasteiger partial charge on any atom is 0.254 e. The van der Waals surface area contributed by atoms with E-state index >= 15 is 0 Å². The smallest absolute Gasteiger partial charge is 0.254 e. The van der Waals surface area contributed by atoms with Crippen molar-refractivity contribution in [2.45, 2.75) is 20.3 Å². The first-order valence-corrected chi connectivity index (χ1v) is 6.98. The van der Waals surface area contributed by atoms with E-state index in [-0.39, 0.29) is 5.91 Å². The first-order chi connectivity index (χ1) is 10.2. The molecule has 2 aromatic carbocycles. The summed E-state index contributed by atoms with van der Waals surface area (Å²) in [6, 6.07) is 17.1. The average molecular weight is 281 g/mol. The first-order valence-electron chi connectivity index (χ1n) is 6.98. The van der Waals surface area contributed by atoms with Gasteiger partial charge in [0.05, 0.1) is 11.8 Å². The fourth-order valence-corrected chi connectivity index (χ4v) is 1.78. The molecule has 3 nitrogen and oxygen atoms in total. The normalized spacial score (nSPS) is 11.0. The van der Waals surface area contributed by atoms with E-state index in [4.69, 9.17) is 4.74 Å². The lowest BCUT2D eigenvalue weighted by molar-refractivity contribution is -0.113. The number of para-hydroxylation sites is 1. The van der Waals surface area contributed by atoms with Crippen LogP contribution in [0.25, 0.3) is 0 Å². The minimum absolute atomic E-state index is 0.141. The third-order valence-electron chi connectivity index (χ3n) is 3.06. The molecule has 0 saturated carbocycles. The van der Waals surface area contributed by atoms with Crippen molar-refractivity contribution in [1.82, 2.24) is 0 Å². The standard InChI is InChI=1S/C18H19NO2/c1-3-15(13-21-17-7-5-4-6-8-17)18(20)19-16-11-9-14(2)10-12-16/h4-13H,3H2,1-2H3,(H,19,20)/b15-13+. The predicted molar refractivity (Wildman–Crippen MR) is 85.3 cm³/mol. The lowest BCUT2D eigenvalue weighted by Gasteiger charge is -2.08. The van der Waals surface area contributed by atoms with Crippen LogP contribution in [0.3, 0.4) is 0 Å². The van der Waals surface area contributed by atoms with Crippen LogP contribution >= 0.6 is 0 Å². The van der Waals surface area contributed by atoms with Gasteiger partial charge >= 0.3 is 0 Å². The third kappa shape index (κ3) is 4.49. The molecule has 0 aromatic heterocycles. The molecular weight excluding hydrogens is 262 g/mol. The summed E-state index contributed by atoms with van der Waals surface area (Å²) in [4.78, 5) is 12.2. The highest BCUT2D eigenvalue weighted by atomic mass is 16.5. The second kappa shape index (κ2) is 7.29. The second-order valence-corrected chi connectivity index (χ2v) is 4.75. The topological polar surface area (TPSA) is 38.3 Å². The molecule has 0 aliphatic heterocycles. The van der Waals surface area contributed by atoms with Gasteiger partial charge in [0, 0.05) is 5.69 Å². The van der Waals surface area contributed by atoms with Crippen molar-refractivity contribution in [3.05, 3.63) is 72.0 Å². The van der Waals surface area contributed by atoms with Crippen molar-refractivity contribution >= 4 is 11.6 Å². The van der Waals surface area contributed by atoms with E-state index in [1.807, 2.05) is 68.4 Å². The third-order valence-corrected chi connectivity index (χ3v) is 3.06. The maximum atomic E-state index is 12.2. The Kier molecular flexibility index (Phi) is 5.16. The van der Waals surface area contributed by atoms with Crippen molar-refractivity contribution in [1.29, 1.82) is 0 Å². The van der Waals surface area contributed by atoms with Gasteiger partial charge in [-0.25, -0.2) is 0 Å². The predicted octanol–water partition coefficient (Wildman–Crippen LogP) is 4.31. The Bertz CT molecular complexity index is 615. The Morgan fingerprint density at radius 3 is 2.38 bits per heavy atom. The highest BCUT2D eigenvalue weighted by molar-refractivity contribution is 6.03. The molecule has 2 aromatic rings. The zero-order valence-corrected chi connectivity index (χ0v) is 12.3. The maximum absolute atomic E-state index is 12.2. The van der Waals surface area contributed by atoms with Crippen LogP contribution in [0.1, 0.15) is 18.9 Å². The fraction of sp³-hybridized carbons (Fsp3) is 0.167. The van der Waals surface area contributed by atoms with Crippen LogP contribution in [0.4, 0.5) is 5.69 Å². The van der Waals surface area contributed by atoms with E-state index in [0.29, 0.717) is 17.7 Å². The summed E-state index contributed by atoms with van der Waals surface area (Å²) in [5, 5.41) is 2.87. The van der Waals surface area contributed by atoms with Gasteiger partial charge < -0.3 is 10.1 Å². The van der Waals surface area contributed by atoms with E-state index in [0.717, 1.165) is 11.3 Å². The molecule has 0 heterocycles. The zero-order chi connectivity index (χ0) is 15.1. The van der Waals surface area contributed by atoms with Crippen molar-refractivity contribution in [3.63, 3.8) is 0 Å². The molecule has 0 aliphatic carbocycles. The van der Waals surface area contributed by atoms with Crippen LogP contribution in [0, 0.1) is 6.92 Å². The monoisotopic (exact) mass is 281 g/mol. The fourth-order valence-electron chi connectivity index (χ4n) is 1.78. The van der Waals surface area contributed by atoms with Crippen molar-refractivity contribution in [2.75, 3.05) is 5.32 Å². The van der Waals surface area contributed by atoms with Crippen LogP contribution in [-0.4, -0.2) is 5.91 Å². The van der Waals surface area contributed by atoms with Gasteiger partial charge in [0.15, 0.2) is 0 Å². The molecule has 0 fully saturated rings. The van der Waals surface area contributed by atoms with Gasteiger partial charge in [-0.15, -0.1) is 0 Å². The molecule has 0 spiro atoms. The summed E-state index contributed by atoms with van der Waals surface area (Å²) in [6.45, 7) is 3.94. The summed E-state index contributed by atoms with van der Waals surface area (Å²) in [6.07, 6.45) is 2.11. The van der Waals surface area contributed by atoms with Crippen molar-refractivity contribution in [2.24, 2.45) is 0 Å². The molecule has 0 saturated heterocycles. The largest absolute Gasteiger partial charge is 0.465 e. The number of carbonyl (C=O) groups is 1. The van der Waals surface area contributed by atoms with Crippen LogP contribution in [0.5, 0.6) is 5.75 Å². The highest BCUT2D eigenvalue weighted by Crippen LogP contribution is 2.14. The van der Waals surface area contributed by atoms with Gasteiger partial charge in [-0.1, -0.05) is 42.8 Å². The Labute approximate surface area is 125 Å². The quantitative estimate of drug-likeness (QED) is 0.655. The Morgan fingerprint density at radius 2 is 1.76 bits per heavy atom. The van der Waals surface area contributed by atoms with Crippen LogP contribution in [-0.2, 0) is 4.79 Å². The van der Waals surface area contributed by atoms with E-state index in [1.165, 1.54) is 6.26 Å². The molecule has 2 rings (SSSR count). The lowest BCUT2D eigenvalue weighted by atomic mass is 10.2. The Morgan fingerprint density at radius 1 is 1.10 bits per heavy atom. The van der Waals surface area contributed by atoms with Crippen LogP contribution < -0.4 is 10.1 Å². The lowest BCUT2D eigenvalue weighted by Crippen LogP contribution is -2.14. The van der Waals surface area contributed by atoms with Gasteiger partial charge in [0.25, 0.3) is 5.91 Å².